The third-order valence-corrected chi connectivity index (χ3v) is 8.11. The fourth-order valence-corrected chi connectivity index (χ4v) is 5.93. The first kappa shape index (κ1) is 27.9. The van der Waals surface area contributed by atoms with Crippen molar-refractivity contribution in [2.75, 3.05) is 36.7 Å². The molecule has 0 aliphatic heterocycles. The number of rotatable bonds is 10. The number of hydrogen-bond donors (Lipinski definition) is 3. The van der Waals surface area contributed by atoms with Gasteiger partial charge in [0.1, 0.15) is 23.1 Å². The van der Waals surface area contributed by atoms with E-state index < -0.39 is 0 Å². The Morgan fingerprint density at radius 3 is 2.45 bits per heavy atom. The van der Waals surface area contributed by atoms with E-state index in [4.69, 9.17) is 42.6 Å². The number of nitrogens with zero attached hydrogens (tertiary/aromatic N) is 2. The van der Waals surface area contributed by atoms with E-state index in [1.165, 1.54) is 25.7 Å². The maximum atomic E-state index is 6.77. The summed E-state index contributed by atoms with van der Waals surface area (Å²) >= 11 is 13.5. The quantitative estimate of drug-likeness (QED) is 0.173. The first-order valence-corrected chi connectivity index (χ1v) is 14.1. The summed E-state index contributed by atoms with van der Waals surface area (Å²) < 4.78 is 11.0. The van der Waals surface area contributed by atoms with Crippen LogP contribution in [-0.2, 0) is 0 Å². The molecule has 2 aromatic carbocycles. The van der Waals surface area contributed by atoms with Gasteiger partial charge in [-0.05, 0) is 55.6 Å². The molecule has 208 valence electrons. The summed E-state index contributed by atoms with van der Waals surface area (Å²) in [5, 5.41) is 12.9. The number of hydrogen-bond acceptors (Lipinski definition) is 7. The molecule has 9 heteroatoms. The minimum Gasteiger partial charge on any atom is -0.495 e. The number of nitrogens with one attached hydrogen (secondary N) is 3. The minimum absolute atomic E-state index is 0.370. The lowest BCUT2D eigenvalue weighted by atomic mass is 10.1. The van der Waals surface area contributed by atoms with E-state index >= 15 is 0 Å². The third kappa shape index (κ3) is 5.62. The van der Waals surface area contributed by atoms with Gasteiger partial charge >= 0.3 is 0 Å². The molecule has 7 nitrogen and oxygen atoms in total. The molecule has 0 spiro atoms. The fraction of sp³-hybridized carbons (Fsp3) is 0.290. The zero-order chi connectivity index (χ0) is 28.2. The molecule has 1 saturated carbocycles. The average molecular weight is 579 g/mol. The molecule has 1 aliphatic rings. The zero-order valence-electron chi connectivity index (χ0n) is 22.9. The van der Waals surface area contributed by atoms with Gasteiger partial charge in [0, 0.05) is 35.1 Å². The second kappa shape index (κ2) is 12.2. The van der Waals surface area contributed by atoms with Crippen LogP contribution in [0.5, 0.6) is 11.5 Å². The minimum atomic E-state index is 0.370. The Balaban J connectivity index is 1.62. The van der Waals surface area contributed by atoms with Crippen molar-refractivity contribution in [1.29, 1.82) is 0 Å². The number of aromatic nitrogens is 2. The van der Waals surface area contributed by atoms with Crippen molar-refractivity contribution in [1.82, 2.24) is 9.97 Å². The monoisotopic (exact) mass is 577 g/mol. The standard InChI is InChI=1S/C31H33Cl2N5O2/c1-5-34-22-12-8-9-18(2)30(22)38-26-14-21-20(17-35-26)13-23(37-31(21)36-16-19-10-6-7-11-19)27-28(32)24(39-3)15-25(40-4)29(27)33/h5,8-9,12-15,17,19,34H,1,6-7,10-11,16H2,2-4H3,(H,35,38)(H,36,37). The molecule has 0 atom stereocenters. The van der Waals surface area contributed by atoms with Crippen LogP contribution in [0.15, 0.2) is 55.4 Å². The Labute approximate surface area is 244 Å². The van der Waals surface area contributed by atoms with Gasteiger partial charge in [-0.25, -0.2) is 9.97 Å². The van der Waals surface area contributed by atoms with Gasteiger partial charge in [0.15, 0.2) is 0 Å². The predicted octanol–water partition coefficient (Wildman–Crippen LogP) is 8.83. The molecule has 2 aromatic heterocycles. The van der Waals surface area contributed by atoms with Crippen molar-refractivity contribution in [3.05, 3.63) is 71.0 Å². The molecule has 1 aliphatic carbocycles. The van der Waals surface area contributed by atoms with Gasteiger partial charge in [0.2, 0.25) is 0 Å². The van der Waals surface area contributed by atoms with Gasteiger partial charge in [-0.2, -0.15) is 0 Å². The number of ether oxygens (including phenoxy) is 2. The molecular weight excluding hydrogens is 545 g/mol. The van der Waals surface area contributed by atoms with Crippen molar-refractivity contribution >= 4 is 57.0 Å². The van der Waals surface area contributed by atoms with Crippen LogP contribution in [0, 0.1) is 12.8 Å². The van der Waals surface area contributed by atoms with Crippen LogP contribution in [0.4, 0.5) is 23.0 Å². The highest BCUT2D eigenvalue weighted by Crippen LogP contribution is 2.46. The van der Waals surface area contributed by atoms with Crippen LogP contribution in [0.1, 0.15) is 31.2 Å². The number of para-hydroxylation sites is 1. The Morgan fingerprint density at radius 1 is 1.05 bits per heavy atom. The number of methoxy groups -OCH3 is 2. The van der Waals surface area contributed by atoms with Crippen LogP contribution in [0.25, 0.3) is 22.0 Å². The number of aryl methyl sites for hydroxylation is 1. The largest absolute Gasteiger partial charge is 0.495 e. The fourth-order valence-electron chi connectivity index (χ4n) is 5.24. The highest BCUT2D eigenvalue weighted by atomic mass is 35.5. The molecule has 1 fully saturated rings. The maximum Gasteiger partial charge on any atom is 0.141 e. The molecule has 3 N–H and O–H groups in total. The zero-order valence-corrected chi connectivity index (χ0v) is 24.4. The maximum absolute atomic E-state index is 6.77. The molecule has 5 rings (SSSR count). The van der Waals surface area contributed by atoms with Crippen molar-refractivity contribution in [2.45, 2.75) is 32.6 Å². The lowest BCUT2D eigenvalue weighted by Gasteiger charge is -2.18. The Bertz CT molecular complexity index is 1530. The highest BCUT2D eigenvalue weighted by Gasteiger charge is 2.22. The van der Waals surface area contributed by atoms with E-state index in [0.717, 1.165) is 40.1 Å². The smallest absolute Gasteiger partial charge is 0.141 e. The Kier molecular flexibility index (Phi) is 8.52. The normalized spacial score (nSPS) is 13.3. The van der Waals surface area contributed by atoms with Crippen molar-refractivity contribution in [3.8, 4) is 22.8 Å². The van der Waals surface area contributed by atoms with Crippen LogP contribution < -0.4 is 25.4 Å². The average Bonchev–Trinajstić information content (AvgIpc) is 3.48. The summed E-state index contributed by atoms with van der Waals surface area (Å²) in [4.78, 5) is 9.78. The second-order valence-corrected chi connectivity index (χ2v) is 10.7. The van der Waals surface area contributed by atoms with Crippen LogP contribution >= 0.6 is 23.2 Å². The molecule has 2 heterocycles. The highest BCUT2D eigenvalue weighted by molar-refractivity contribution is 6.41. The van der Waals surface area contributed by atoms with Crippen molar-refractivity contribution in [2.24, 2.45) is 5.92 Å². The number of pyridine rings is 2. The van der Waals surface area contributed by atoms with Gasteiger partial charge in [-0.15, -0.1) is 0 Å². The molecule has 40 heavy (non-hydrogen) atoms. The van der Waals surface area contributed by atoms with Gasteiger partial charge in [-0.3, -0.25) is 0 Å². The summed E-state index contributed by atoms with van der Waals surface area (Å²) in [5.74, 6) is 2.98. The summed E-state index contributed by atoms with van der Waals surface area (Å²) in [6, 6.07) is 11.7. The predicted molar refractivity (Wildman–Crippen MR) is 167 cm³/mol. The Hall–Kier alpha value is -3.68. The van der Waals surface area contributed by atoms with E-state index in [-0.39, 0.29) is 0 Å². The topological polar surface area (TPSA) is 80.3 Å². The van der Waals surface area contributed by atoms with Gasteiger partial charge in [0.05, 0.1) is 41.3 Å². The molecule has 4 aromatic rings. The van der Waals surface area contributed by atoms with Crippen LogP contribution in [0.2, 0.25) is 10.0 Å². The first-order chi connectivity index (χ1) is 19.4. The van der Waals surface area contributed by atoms with E-state index in [2.05, 4.69) is 35.5 Å². The molecule has 0 bridgehead atoms. The van der Waals surface area contributed by atoms with Crippen molar-refractivity contribution in [3.63, 3.8) is 0 Å². The summed E-state index contributed by atoms with van der Waals surface area (Å²) in [6.07, 6.45) is 8.47. The molecule has 0 saturated heterocycles. The van der Waals surface area contributed by atoms with Gasteiger partial charge < -0.3 is 25.4 Å². The lowest BCUT2D eigenvalue weighted by Crippen LogP contribution is -2.12. The van der Waals surface area contributed by atoms with Crippen LogP contribution in [-0.4, -0.2) is 30.7 Å². The number of fused-ring (bicyclic) bond motifs is 1. The summed E-state index contributed by atoms with van der Waals surface area (Å²) in [7, 11) is 3.12. The van der Waals surface area contributed by atoms with E-state index in [1.54, 1.807) is 26.5 Å². The lowest BCUT2D eigenvalue weighted by molar-refractivity contribution is 0.395. The van der Waals surface area contributed by atoms with E-state index in [1.807, 2.05) is 30.5 Å². The summed E-state index contributed by atoms with van der Waals surface area (Å²) in [6.45, 7) is 6.69. The van der Waals surface area contributed by atoms with Gasteiger partial charge in [0.25, 0.3) is 0 Å². The third-order valence-electron chi connectivity index (χ3n) is 7.36. The van der Waals surface area contributed by atoms with E-state index in [0.29, 0.717) is 44.5 Å². The molecule has 0 radical (unpaired) electrons. The first-order valence-electron chi connectivity index (χ1n) is 13.3. The Morgan fingerprint density at radius 2 is 1.77 bits per heavy atom. The molecular formula is C31H33Cl2N5O2. The number of anilines is 4. The molecule has 0 amide bonds. The van der Waals surface area contributed by atoms with Gasteiger partial charge in [-0.1, -0.05) is 54.8 Å². The van der Waals surface area contributed by atoms with Crippen LogP contribution in [0.3, 0.4) is 0 Å². The second-order valence-electron chi connectivity index (χ2n) is 9.93. The SMILES string of the molecule is C=CNc1cccc(C)c1Nc1cc2c(NCC3CCCC3)nc(-c3c(Cl)c(OC)cc(OC)c3Cl)cc2cn1. The number of halogens is 2. The van der Waals surface area contributed by atoms with Crippen molar-refractivity contribution < 1.29 is 9.47 Å². The molecule has 0 unspecified atom stereocenters. The van der Waals surface area contributed by atoms with E-state index in [9.17, 15) is 0 Å². The summed E-state index contributed by atoms with van der Waals surface area (Å²) in [5.41, 5.74) is 4.08. The number of benzene rings is 2.